The molecule has 27 heavy (non-hydrogen) atoms. The Bertz CT molecular complexity index is 852. The van der Waals surface area contributed by atoms with Gasteiger partial charge in [-0.05, 0) is 45.7 Å². The fraction of sp³-hybridized carbons (Fsp3) is 0.429. The minimum absolute atomic E-state index is 0.306. The summed E-state index contributed by atoms with van der Waals surface area (Å²) in [5, 5.41) is 2.79. The Kier molecular flexibility index (Phi) is 5.54. The van der Waals surface area contributed by atoms with Crippen molar-refractivity contribution in [3.05, 3.63) is 52.8 Å². The number of nitrogens with one attached hydrogen (secondary N) is 1. The molecule has 0 saturated heterocycles. The van der Waals surface area contributed by atoms with Crippen LogP contribution in [0.3, 0.4) is 0 Å². The molecule has 6 nitrogen and oxygen atoms in total. The molecule has 0 bridgehead atoms. The first kappa shape index (κ1) is 19.0. The van der Waals surface area contributed by atoms with E-state index in [0.717, 1.165) is 29.8 Å². The first-order chi connectivity index (χ1) is 12.9. The number of esters is 1. The lowest BCUT2D eigenvalue weighted by molar-refractivity contribution is -0.129. The molecule has 0 radical (unpaired) electrons. The predicted octanol–water partition coefficient (Wildman–Crippen LogP) is 3.31. The van der Waals surface area contributed by atoms with Crippen molar-refractivity contribution in [2.45, 2.75) is 52.3 Å². The van der Waals surface area contributed by atoms with Crippen LogP contribution < -0.4 is 10.1 Å². The van der Waals surface area contributed by atoms with E-state index in [1.165, 1.54) is 0 Å². The molecule has 0 aliphatic heterocycles. The van der Waals surface area contributed by atoms with Crippen molar-refractivity contribution in [2.75, 3.05) is 7.11 Å². The zero-order chi connectivity index (χ0) is 19.6. The first-order valence-electron chi connectivity index (χ1n) is 9.21. The van der Waals surface area contributed by atoms with Crippen molar-refractivity contribution in [1.82, 2.24) is 9.88 Å². The quantitative estimate of drug-likeness (QED) is 0.759. The zero-order valence-corrected chi connectivity index (χ0v) is 16.2. The fourth-order valence-electron chi connectivity index (χ4n) is 3.33. The van der Waals surface area contributed by atoms with Crippen molar-refractivity contribution >= 4 is 11.9 Å². The maximum atomic E-state index is 12.5. The van der Waals surface area contributed by atoms with Gasteiger partial charge in [0.25, 0.3) is 5.91 Å². The molecule has 0 spiro atoms. The van der Waals surface area contributed by atoms with Gasteiger partial charge in [-0.2, -0.15) is 0 Å². The van der Waals surface area contributed by atoms with Crippen LogP contribution in [0.15, 0.2) is 30.3 Å². The largest absolute Gasteiger partial charge is 0.496 e. The summed E-state index contributed by atoms with van der Waals surface area (Å²) >= 11 is 0. The van der Waals surface area contributed by atoms with Gasteiger partial charge >= 0.3 is 5.97 Å². The van der Waals surface area contributed by atoms with Gasteiger partial charge in [-0.1, -0.05) is 18.2 Å². The number of hydrogen-bond acceptors (Lipinski definition) is 4. The summed E-state index contributed by atoms with van der Waals surface area (Å²) in [5.41, 5.74) is 3.35. The molecule has 144 valence electrons. The number of aryl methyl sites for hydroxylation is 1. The van der Waals surface area contributed by atoms with E-state index in [4.69, 9.17) is 9.47 Å². The molecular weight excluding hydrogens is 344 g/mol. The van der Waals surface area contributed by atoms with Gasteiger partial charge in [-0.15, -0.1) is 0 Å². The lowest BCUT2D eigenvalue weighted by Gasteiger charge is -2.15. The Morgan fingerprint density at radius 2 is 1.96 bits per heavy atom. The van der Waals surface area contributed by atoms with Crippen molar-refractivity contribution in [3.63, 3.8) is 0 Å². The van der Waals surface area contributed by atoms with E-state index in [0.29, 0.717) is 23.9 Å². The third-order valence-electron chi connectivity index (χ3n) is 4.91. The van der Waals surface area contributed by atoms with Crippen LogP contribution in [0.5, 0.6) is 5.75 Å². The standard InChI is InChI=1S/C21H26N2O4/c1-13-11-18(14(2)23(13)17-9-10-17)21(25)27-15(3)20(24)22-12-16-7-5-6-8-19(16)26-4/h5-8,11,15,17H,9-10,12H2,1-4H3,(H,22,24)/t15-/m1/s1. The number of carbonyl (C=O) groups excluding carboxylic acids is 2. The maximum Gasteiger partial charge on any atom is 0.340 e. The lowest BCUT2D eigenvalue weighted by Crippen LogP contribution is -2.35. The van der Waals surface area contributed by atoms with Gasteiger partial charge in [0, 0.05) is 29.5 Å². The molecule has 3 rings (SSSR count). The van der Waals surface area contributed by atoms with Crippen molar-refractivity contribution in [2.24, 2.45) is 0 Å². The predicted molar refractivity (Wildman–Crippen MR) is 102 cm³/mol. The maximum absolute atomic E-state index is 12.5. The van der Waals surface area contributed by atoms with Crippen LogP contribution in [0.1, 0.15) is 53.1 Å². The van der Waals surface area contributed by atoms with Crippen LogP contribution >= 0.6 is 0 Å². The van der Waals surface area contributed by atoms with Crippen LogP contribution in [0.2, 0.25) is 0 Å². The van der Waals surface area contributed by atoms with Gasteiger partial charge in [0.05, 0.1) is 12.7 Å². The Morgan fingerprint density at radius 3 is 2.63 bits per heavy atom. The molecule has 1 amide bonds. The molecule has 1 aromatic carbocycles. The topological polar surface area (TPSA) is 69.6 Å². The number of rotatable bonds is 7. The Morgan fingerprint density at radius 1 is 1.26 bits per heavy atom. The van der Waals surface area contributed by atoms with Crippen molar-refractivity contribution in [3.8, 4) is 5.75 Å². The lowest BCUT2D eigenvalue weighted by atomic mass is 10.2. The van der Waals surface area contributed by atoms with Crippen LogP contribution in [-0.2, 0) is 16.1 Å². The van der Waals surface area contributed by atoms with Crippen LogP contribution in [0, 0.1) is 13.8 Å². The molecule has 0 unspecified atom stereocenters. The first-order valence-corrected chi connectivity index (χ1v) is 9.21. The fourth-order valence-corrected chi connectivity index (χ4v) is 3.33. The number of amides is 1. The summed E-state index contributed by atoms with van der Waals surface area (Å²) in [6, 6.07) is 9.79. The number of nitrogens with zero attached hydrogens (tertiary/aromatic N) is 1. The minimum Gasteiger partial charge on any atom is -0.496 e. The zero-order valence-electron chi connectivity index (χ0n) is 16.2. The molecule has 1 heterocycles. The minimum atomic E-state index is -0.879. The van der Waals surface area contributed by atoms with Gasteiger partial charge < -0.3 is 19.4 Å². The second kappa shape index (κ2) is 7.86. The van der Waals surface area contributed by atoms with Gasteiger partial charge in [0.2, 0.25) is 0 Å². The average molecular weight is 370 g/mol. The summed E-state index contributed by atoms with van der Waals surface area (Å²) in [7, 11) is 1.59. The molecule has 1 saturated carbocycles. The number of para-hydroxylation sites is 1. The highest BCUT2D eigenvalue weighted by molar-refractivity contribution is 5.93. The molecule has 6 heteroatoms. The van der Waals surface area contributed by atoms with Crippen LogP contribution in [-0.4, -0.2) is 29.7 Å². The summed E-state index contributed by atoms with van der Waals surface area (Å²) in [6.45, 7) is 5.80. The van der Waals surface area contributed by atoms with E-state index in [2.05, 4.69) is 9.88 Å². The second-order valence-corrected chi connectivity index (χ2v) is 6.96. The van der Waals surface area contributed by atoms with Crippen LogP contribution in [0.4, 0.5) is 0 Å². The highest BCUT2D eigenvalue weighted by Gasteiger charge is 2.29. The number of methoxy groups -OCH3 is 1. The monoisotopic (exact) mass is 370 g/mol. The third-order valence-corrected chi connectivity index (χ3v) is 4.91. The van der Waals surface area contributed by atoms with Gasteiger partial charge in [0.1, 0.15) is 5.75 Å². The normalized spacial score (nSPS) is 14.5. The van der Waals surface area contributed by atoms with E-state index in [-0.39, 0.29) is 5.91 Å². The second-order valence-electron chi connectivity index (χ2n) is 6.96. The Balaban J connectivity index is 1.59. The third kappa shape index (κ3) is 4.15. The molecule has 1 aliphatic carbocycles. The molecule has 2 aromatic rings. The van der Waals surface area contributed by atoms with Crippen LogP contribution in [0.25, 0.3) is 0 Å². The van der Waals surface area contributed by atoms with E-state index in [1.54, 1.807) is 14.0 Å². The number of carbonyl (C=O) groups is 2. The number of aromatic nitrogens is 1. The molecule has 1 aliphatic rings. The summed E-state index contributed by atoms with van der Waals surface area (Å²) in [6.07, 6.45) is 1.41. The molecule has 1 atom stereocenters. The SMILES string of the molecule is COc1ccccc1CNC(=O)[C@@H](C)OC(=O)c1cc(C)n(C2CC2)c1C. The number of hydrogen-bond donors (Lipinski definition) is 1. The molecule has 1 N–H and O–H groups in total. The molecular formula is C21H26N2O4. The average Bonchev–Trinajstić information content (AvgIpc) is 3.44. The van der Waals surface area contributed by atoms with E-state index in [1.807, 2.05) is 44.2 Å². The molecule has 1 aromatic heterocycles. The van der Waals surface area contributed by atoms with E-state index < -0.39 is 12.1 Å². The highest BCUT2D eigenvalue weighted by atomic mass is 16.5. The summed E-state index contributed by atoms with van der Waals surface area (Å²) in [5.74, 6) is -0.102. The smallest absolute Gasteiger partial charge is 0.340 e. The Hall–Kier alpha value is -2.76. The van der Waals surface area contributed by atoms with Gasteiger partial charge in [0.15, 0.2) is 6.10 Å². The van der Waals surface area contributed by atoms with Gasteiger partial charge in [-0.25, -0.2) is 4.79 Å². The summed E-state index contributed by atoms with van der Waals surface area (Å²) in [4.78, 5) is 24.9. The number of benzene rings is 1. The number of ether oxygens (including phenoxy) is 2. The van der Waals surface area contributed by atoms with Crippen molar-refractivity contribution in [1.29, 1.82) is 0 Å². The van der Waals surface area contributed by atoms with E-state index >= 15 is 0 Å². The van der Waals surface area contributed by atoms with Crippen molar-refractivity contribution < 1.29 is 19.1 Å². The molecule has 1 fully saturated rings. The van der Waals surface area contributed by atoms with Gasteiger partial charge in [-0.3, -0.25) is 4.79 Å². The Labute approximate surface area is 159 Å². The van der Waals surface area contributed by atoms with E-state index in [9.17, 15) is 9.59 Å². The summed E-state index contributed by atoms with van der Waals surface area (Å²) < 4.78 is 12.9. The highest BCUT2D eigenvalue weighted by Crippen LogP contribution is 2.38.